The molecule has 1 aliphatic heterocycles. The number of ketones is 1. The van der Waals surface area contributed by atoms with Crippen LogP contribution in [0.15, 0.2) is 58.1 Å². The van der Waals surface area contributed by atoms with Crippen molar-refractivity contribution in [1.82, 2.24) is 14.5 Å². The lowest BCUT2D eigenvalue weighted by Gasteiger charge is -2.36. The van der Waals surface area contributed by atoms with Crippen molar-refractivity contribution in [3.05, 3.63) is 74.9 Å². The Morgan fingerprint density at radius 3 is 2.27 bits per heavy atom. The van der Waals surface area contributed by atoms with Crippen molar-refractivity contribution in [2.45, 2.75) is 13.5 Å². The number of carbonyl (C=O) groups excluding carboxylic acids is 2. The van der Waals surface area contributed by atoms with Gasteiger partial charge >= 0.3 is 5.69 Å². The summed E-state index contributed by atoms with van der Waals surface area (Å²) in [7, 11) is 0. The standard InChI is InChI=1S/C22H22N4O4/c1-15(27)16-6-8-17(9-7-16)24-10-12-25(13-11-24)20(28)14-26-21(29)18-4-2-3-5-19(18)23-22(26)30/h2-9H,10-14H2,1H3,(H,23,30). The number of hydrogen-bond acceptors (Lipinski definition) is 5. The van der Waals surface area contributed by atoms with E-state index in [-0.39, 0.29) is 18.2 Å². The van der Waals surface area contributed by atoms with Gasteiger partial charge < -0.3 is 14.8 Å². The van der Waals surface area contributed by atoms with Gasteiger partial charge in [-0.15, -0.1) is 0 Å². The second-order valence-electron chi connectivity index (χ2n) is 7.34. The Labute approximate surface area is 172 Å². The molecule has 154 valence electrons. The number of carbonyl (C=O) groups is 2. The number of Topliss-reactive ketones (excluding diaryl/α,β-unsaturated/α-hetero) is 1. The second-order valence-corrected chi connectivity index (χ2v) is 7.34. The number of nitrogens with zero attached hydrogens (tertiary/aromatic N) is 3. The number of piperazine rings is 1. The molecule has 2 aromatic carbocycles. The van der Waals surface area contributed by atoms with E-state index in [0.29, 0.717) is 42.6 Å². The van der Waals surface area contributed by atoms with Crippen molar-refractivity contribution in [3.8, 4) is 0 Å². The first-order valence-electron chi connectivity index (χ1n) is 9.79. The first kappa shape index (κ1) is 19.6. The number of nitrogens with one attached hydrogen (secondary N) is 1. The molecular formula is C22H22N4O4. The van der Waals surface area contributed by atoms with Gasteiger partial charge in [-0.05, 0) is 43.3 Å². The molecule has 0 radical (unpaired) electrons. The second kappa shape index (κ2) is 7.98. The van der Waals surface area contributed by atoms with Crippen molar-refractivity contribution in [2.24, 2.45) is 0 Å². The first-order valence-corrected chi connectivity index (χ1v) is 9.79. The number of aromatic nitrogens is 2. The van der Waals surface area contributed by atoms with Crippen LogP contribution in [0, 0.1) is 0 Å². The maximum absolute atomic E-state index is 12.7. The van der Waals surface area contributed by atoms with E-state index < -0.39 is 11.2 Å². The van der Waals surface area contributed by atoms with Crippen molar-refractivity contribution in [3.63, 3.8) is 0 Å². The molecule has 0 unspecified atom stereocenters. The Kier molecular flexibility index (Phi) is 5.22. The van der Waals surface area contributed by atoms with Gasteiger partial charge in [0, 0.05) is 37.4 Å². The molecule has 4 rings (SSSR count). The summed E-state index contributed by atoms with van der Waals surface area (Å²) in [5, 5.41) is 0.378. The van der Waals surface area contributed by atoms with Gasteiger partial charge in [-0.25, -0.2) is 4.79 Å². The lowest BCUT2D eigenvalue weighted by Crippen LogP contribution is -2.51. The molecule has 0 saturated carbocycles. The van der Waals surface area contributed by atoms with Crippen LogP contribution < -0.4 is 16.1 Å². The topological polar surface area (TPSA) is 95.5 Å². The van der Waals surface area contributed by atoms with Crippen LogP contribution in [-0.4, -0.2) is 52.3 Å². The molecule has 30 heavy (non-hydrogen) atoms. The van der Waals surface area contributed by atoms with Gasteiger partial charge in [-0.1, -0.05) is 12.1 Å². The molecule has 1 saturated heterocycles. The SMILES string of the molecule is CC(=O)c1ccc(N2CCN(C(=O)Cn3c(=O)[nH]c4ccccc4c3=O)CC2)cc1. The third-order valence-corrected chi connectivity index (χ3v) is 5.45. The summed E-state index contributed by atoms with van der Waals surface area (Å²) in [6.07, 6.45) is 0. The van der Waals surface area contributed by atoms with Crippen LogP contribution >= 0.6 is 0 Å². The highest BCUT2D eigenvalue weighted by molar-refractivity contribution is 5.94. The maximum atomic E-state index is 12.7. The summed E-state index contributed by atoms with van der Waals surface area (Å²) >= 11 is 0. The number of rotatable bonds is 4. The van der Waals surface area contributed by atoms with E-state index in [1.165, 1.54) is 6.92 Å². The number of fused-ring (bicyclic) bond motifs is 1. The van der Waals surface area contributed by atoms with E-state index in [2.05, 4.69) is 9.88 Å². The molecule has 1 amide bonds. The number of H-pyrrole nitrogens is 1. The number of benzene rings is 2. The largest absolute Gasteiger partial charge is 0.368 e. The Morgan fingerprint density at radius 2 is 1.60 bits per heavy atom. The number of hydrogen-bond donors (Lipinski definition) is 1. The van der Waals surface area contributed by atoms with E-state index in [1.54, 1.807) is 41.3 Å². The number of aromatic amines is 1. The zero-order valence-corrected chi connectivity index (χ0v) is 16.6. The van der Waals surface area contributed by atoms with Gasteiger partial charge in [0.15, 0.2) is 5.78 Å². The van der Waals surface area contributed by atoms with Crippen LogP contribution in [0.1, 0.15) is 17.3 Å². The highest BCUT2D eigenvalue weighted by atomic mass is 16.2. The molecule has 0 atom stereocenters. The average molecular weight is 406 g/mol. The fourth-order valence-corrected chi connectivity index (χ4v) is 3.70. The molecule has 2 heterocycles. The highest BCUT2D eigenvalue weighted by Gasteiger charge is 2.22. The van der Waals surface area contributed by atoms with Gasteiger partial charge in [-0.2, -0.15) is 0 Å². The molecule has 1 aliphatic rings. The summed E-state index contributed by atoms with van der Waals surface area (Å²) in [5.74, 6) is -0.236. The zero-order valence-electron chi connectivity index (χ0n) is 16.6. The maximum Gasteiger partial charge on any atom is 0.329 e. The van der Waals surface area contributed by atoms with Crippen molar-refractivity contribution in [1.29, 1.82) is 0 Å². The fourth-order valence-electron chi connectivity index (χ4n) is 3.70. The average Bonchev–Trinajstić information content (AvgIpc) is 2.76. The lowest BCUT2D eigenvalue weighted by atomic mass is 10.1. The molecular weight excluding hydrogens is 384 g/mol. The molecule has 0 aliphatic carbocycles. The predicted octanol–water partition coefficient (Wildman–Crippen LogP) is 1.24. The van der Waals surface area contributed by atoms with Crippen LogP contribution in [0.2, 0.25) is 0 Å². The lowest BCUT2D eigenvalue weighted by molar-refractivity contribution is -0.132. The molecule has 8 nitrogen and oxygen atoms in total. The van der Waals surface area contributed by atoms with Crippen molar-refractivity contribution >= 4 is 28.3 Å². The third kappa shape index (κ3) is 3.76. The quantitative estimate of drug-likeness (QED) is 0.658. The van der Waals surface area contributed by atoms with Gasteiger partial charge in [-0.3, -0.25) is 19.0 Å². The fraction of sp³-hybridized carbons (Fsp3) is 0.273. The smallest absolute Gasteiger partial charge is 0.329 e. The zero-order chi connectivity index (χ0) is 21.3. The molecule has 1 aromatic heterocycles. The molecule has 1 fully saturated rings. The van der Waals surface area contributed by atoms with Crippen LogP contribution in [0.4, 0.5) is 5.69 Å². The number of para-hydroxylation sites is 1. The van der Waals surface area contributed by atoms with Crippen molar-refractivity contribution < 1.29 is 9.59 Å². The molecule has 1 N–H and O–H groups in total. The third-order valence-electron chi connectivity index (χ3n) is 5.45. The van der Waals surface area contributed by atoms with Gasteiger partial charge in [0.2, 0.25) is 5.91 Å². The summed E-state index contributed by atoms with van der Waals surface area (Å²) in [6, 6.07) is 14.2. The van der Waals surface area contributed by atoms with Crippen LogP contribution in [0.25, 0.3) is 10.9 Å². The van der Waals surface area contributed by atoms with Crippen LogP contribution in [0.3, 0.4) is 0 Å². The monoisotopic (exact) mass is 406 g/mol. The number of anilines is 1. The van der Waals surface area contributed by atoms with E-state index in [9.17, 15) is 19.2 Å². The minimum atomic E-state index is -0.587. The number of amides is 1. The van der Waals surface area contributed by atoms with E-state index in [1.807, 2.05) is 12.1 Å². The Morgan fingerprint density at radius 1 is 0.933 bits per heavy atom. The minimum Gasteiger partial charge on any atom is -0.368 e. The van der Waals surface area contributed by atoms with Crippen molar-refractivity contribution in [2.75, 3.05) is 31.1 Å². The molecule has 8 heteroatoms. The summed E-state index contributed by atoms with van der Waals surface area (Å²) < 4.78 is 0.956. The Bertz CT molecular complexity index is 1220. The summed E-state index contributed by atoms with van der Waals surface area (Å²) in [5.41, 5.74) is 1.07. The minimum absolute atomic E-state index is 0.0240. The molecule has 3 aromatic rings. The Balaban J connectivity index is 1.44. The Hall–Kier alpha value is -3.68. The predicted molar refractivity (Wildman–Crippen MR) is 114 cm³/mol. The van der Waals surface area contributed by atoms with E-state index >= 15 is 0 Å². The van der Waals surface area contributed by atoms with Gasteiger partial charge in [0.25, 0.3) is 5.56 Å². The van der Waals surface area contributed by atoms with Gasteiger partial charge in [0.1, 0.15) is 6.54 Å². The highest BCUT2D eigenvalue weighted by Crippen LogP contribution is 2.18. The van der Waals surface area contributed by atoms with E-state index in [0.717, 1.165) is 10.3 Å². The van der Waals surface area contributed by atoms with Gasteiger partial charge in [0.05, 0.1) is 10.9 Å². The normalized spacial score (nSPS) is 14.2. The summed E-state index contributed by atoms with van der Waals surface area (Å²) in [4.78, 5) is 55.5. The van der Waals surface area contributed by atoms with Crippen LogP contribution in [-0.2, 0) is 11.3 Å². The first-order chi connectivity index (χ1) is 14.4. The summed E-state index contributed by atoms with van der Waals surface area (Å²) in [6.45, 7) is 3.50. The molecule has 0 spiro atoms. The van der Waals surface area contributed by atoms with E-state index in [4.69, 9.17) is 0 Å². The van der Waals surface area contributed by atoms with Crippen LogP contribution in [0.5, 0.6) is 0 Å². The molecule has 0 bridgehead atoms.